The zero-order valence-corrected chi connectivity index (χ0v) is 13.4. The predicted octanol–water partition coefficient (Wildman–Crippen LogP) is 3.57. The minimum absolute atomic E-state index is 0.319. The number of carbonyl (C=O) groups is 2. The molecule has 1 heterocycles. The summed E-state index contributed by atoms with van der Waals surface area (Å²) in [5, 5.41) is 9.84. The molecule has 1 aromatic carbocycles. The molecule has 1 amide bonds. The molecule has 4 nitrogen and oxygen atoms in total. The van der Waals surface area contributed by atoms with E-state index in [2.05, 4.69) is 15.9 Å². The van der Waals surface area contributed by atoms with Crippen LogP contribution in [0.4, 0.5) is 0 Å². The molecule has 1 aromatic rings. The lowest BCUT2D eigenvalue weighted by molar-refractivity contribution is -0.148. The average molecular weight is 361 g/mol. The van der Waals surface area contributed by atoms with Crippen LogP contribution in [0.2, 0.25) is 5.02 Å². The number of hydrogen-bond donors (Lipinski definition) is 1. The summed E-state index contributed by atoms with van der Waals surface area (Å²) in [6.45, 7) is 2.24. The lowest BCUT2D eigenvalue weighted by Crippen LogP contribution is -2.52. The van der Waals surface area contributed by atoms with E-state index in [9.17, 15) is 14.7 Å². The second-order valence-corrected chi connectivity index (χ2v) is 6.08. The van der Waals surface area contributed by atoms with Gasteiger partial charge in [-0.3, -0.25) is 4.79 Å². The maximum Gasteiger partial charge on any atom is 0.329 e. The molecule has 1 atom stereocenters. The second kappa shape index (κ2) is 5.74. The molecular weight excluding hydrogens is 346 g/mol. The van der Waals surface area contributed by atoms with Crippen LogP contribution in [0.25, 0.3) is 0 Å². The topological polar surface area (TPSA) is 57.6 Å². The zero-order valence-electron chi connectivity index (χ0n) is 11.0. The van der Waals surface area contributed by atoms with Crippen LogP contribution < -0.4 is 0 Å². The van der Waals surface area contributed by atoms with Gasteiger partial charge < -0.3 is 10.0 Å². The standard InChI is InChI=1S/C14H15BrClNO3/c1-2-14(13(19)20)7-4-8-17(14)12(18)9-5-3-6-10(15)11(9)16/h3,5-6H,2,4,7-8H2,1H3,(H,19,20). The van der Waals surface area contributed by atoms with E-state index in [1.54, 1.807) is 25.1 Å². The highest BCUT2D eigenvalue weighted by Gasteiger charge is 2.48. The van der Waals surface area contributed by atoms with Crippen molar-refractivity contribution in [3.8, 4) is 0 Å². The van der Waals surface area contributed by atoms with Crippen molar-refractivity contribution in [1.82, 2.24) is 4.90 Å². The van der Waals surface area contributed by atoms with Crippen molar-refractivity contribution in [2.75, 3.05) is 6.54 Å². The summed E-state index contributed by atoms with van der Waals surface area (Å²) in [6, 6.07) is 5.08. The molecule has 0 aliphatic carbocycles. The fourth-order valence-corrected chi connectivity index (χ4v) is 3.30. The van der Waals surface area contributed by atoms with Gasteiger partial charge in [-0.2, -0.15) is 0 Å². The molecule has 1 unspecified atom stereocenters. The van der Waals surface area contributed by atoms with Gasteiger partial charge in [-0.15, -0.1) is 0 Å². The number of carbonyl (C=O) groups excluding carboxylic acids is 1. The van der Waals surface area contributed by atoms with E-state index in [4.69, 9.17) is 11.6 Å². The lowest BCUT2D eigenvalue weighted by atomic mass is 9.92. The summed E-state index contributed by atoms with van der Waals surface area (Å²) >= 11 is 9.42. The molecule has 1 aliphatic rings. The Morgan fingerprint density at radius 3 is 2.80 bits per heavy atom. The molecule has 1 saturated heterocycles. The molecule has 0 aromatic heterocycles. The first-order chi connectivity index (χ1) is 9.44. The summed E-state index contributed by atoms with van der Waals surface area (Å²) in [5.74, 6) is -1.27. The Kier molecular flexibility index (Phi) is 4.39. The molecule has 0 saturated carbocycles. The third kappa shape index (κ3) is 2.33. The predicted molar refractivity (Wildman–Crippen MR) is 80.1 cm³/mol. The van der Waals surface area contributed by atoms with Crippen molar-refractivity contribution >= 4 is 39.4 Å². The second-order valence-electron chi connectivity index (χ2n) is 4.85. The average Bonchev–Trinajstić information content (AvgIpc) is 2.86. The van der Waals surface area contributed by atoms with Crippen molar-refractivity contribution in [3.05, 3.63) is 33.3 Å². The monoisotopic (exact) mass is 359 g/mol. The highest BCUT2D eigenvalue weighted by Crippen LogP contribution is 2.36. The van der Waals surface area contributed by atoms with Crippen LogP contribution in [0.3, 0.4) is 0 Å². The molecule has 2 rings (SSSR count). The van der Waals surface area contributed by atoms with Crippen molar-refractivity contribution < 1.29 is 14.7 Å². The lowest BCUT2D eigenvalue weighted by Gasteiger charge is -2.34. The van der Waals surface area contributed by atoms with Crippen molar-refractivity contribution in [1.29, 1.82) is 0 Å². The number of amides is 1. The third-order valence-corrected chi connectivity index (χ3v) is 5.20. The molecule has 0 spiro atoms. The number of benzene rings is 1. The van der Waals surface area contributed by atoms with E-state index in [0.717, 1.165) is 0 Å². The molecule has 1 fully saturated rings. The van der Waals surface area contributed by atoms with E-state index < -0.39 is 11.5 Å². The van der Waals surface area contributed by atoms with Gasteiger partial charge in [0.15, 0.2) is 0 Å². The first kappa shape index (κ1) is 15.3. The van der Waals surface area contributed by atoms with Crippen LogP contribution in [0.1, 0.15) is 36.5 Å². The van der Waals surface area contributed by atoms with Crippen molar-refractivity contribution in [3.63, 3.8) is 0 Å². The zero-order chi connectivity index (χ0) is 14.9. The van der Waals surface area contributed by atoms with Gasteiger partial charge in [0, 0.05) is 11.0 Å². The number of carboxylic acid groups (broad SMARTS) is 1. The smallest absolute Gasteiger partial charge is 0.329 e. The fourth-order valence-electron chi connectivity index (χ4n) is 2.73. The number of nitrogens with zero attached hydrogens (tertiary/aromatic N) is 1. The first-order valence-electron chi connectivity index (χ1n) is 6.43. The van der Waals surface area contributed by atoms with E-state index in [-0.39, 0.29) is 5.91 Å². The quantitative estimate of drug-likeness (QED) is 0.896. The van der Waals surface area contributed by atoms with E-state index >= 15 is 0 Å². The number of hydrogen-bond acceptors (Lipinski definition) is 2. The Bertz CT molecular complexity index is 563. The molecular formula is C14H15BrClNO3. The van der Waals surface area contributed by atoms with E-state index in [1.165, 1.54) is 4.90 Å². The van der Waals surface area contributed by atoms with Gasteiger partial charge in [-0.25, -0.2) is 4.79 Å². The van der Waals surface area contributed by atoms with Crippen LogP contribution in [0.15, 0.2) is 22.7 Å². The number of aliphatic carboxylic acids is 1. The molecule has 0 bridgehead atoms. The van der Waals surface area contributed by atoms with Gasteiger partial charge in [0.2, 0.25) is 0 Å². The normalized spacial score (nSPS) is 22.1. The largest absolute Gasteiger partial charge is 0.479 e. The van der Waals surface area contributed by atoms with Gasteiger partial charge in [-0.1, -0.05) is 24.6 Å². The number of halogens is 2. The summed E-state index contributed by atoms with van der Waals surface area (Å²) in [6.07, 6.45) is 1.56. The molecule has 20 heavy (non-hydrogen) atoms. The Hall–Kier alpha value is -1.07. The molecule has 108 valence electrons. The Morgan fingerprint density at radius 1 is 1.50 bits per heavy atom. The fraction of sp³-hybridized carbons (Fsp3) is 0.429. The van der Waals surface area contributed by atoms with Crippen LogP contribution in [0.5, 0.6) is 0 Å². The van der Waals surface area contributed by atoms with Gasteiger partial charge >= 0.3 is 5.97 Å². The minimum Gasteiger partial charge on any atom is -0.479 e. The molecule has 0 radical (unpaired) electrons. The Balaban J connectivity index is 2.42. The highest BCUT2D eigenvalue weighted by atomic mass is 79.9. The van der Waals surface area contributed by atoms with E-state index in [1.807, 2.05) is 0 Å². The van der Waals surface area contributed by atoms with Crippen LogP contribution in [-0.2, 0) is 4.79 Å². The summed E-state index contributed by atoms with van der Waals surface area (Å²) in [5.41, 5.74) is -0.773. The van der Waals surface area contributed by atoms with Gasteiger partial charge in [0.05, 0.1) is 10.6 Å². The summed E-state index contributed by atoms with van der Waals surface area (Å²) < 4.78 is 0.627. The van der Waals surface area contributed by atoms with E-state index in [0.29, 0.717) is 40.9 Å². The number of carboxylic acids is 1. The summed E-state index contributed by atoms with van der Waals surface area (Å²) in [4.78, 5) is 25.7. The van der Waals surface area contributed by atoms with Gasteiger partial charge in [0.25, 0.3) is 5.91 Å². The first-order valence-corrected chi connectivity index (χ1v) is 7.60. The minimum atomic E-state index is -1.11. The number of likely N-dealkylation sites (tertiary alicyclic amines) is 1. The SMILES string of the molecule is CCC1(C(=O)O)CCCN1C(=O)c1cccc(Br)c1Cl. The highest BCUT2D eigenvalue weighted by molar-refractivity contribution is 9.10. The molecule has 6 heteroatoms. The maximum absolute atomic E-state index is 12.7. The van der Waals surface area contributed by atoms with Crippen molar-refractivity contribution in [2.24, 2.45) is 0 Å². The Labute approximate surface area is 130 Å². The molecule has 1 aliphatic heterocycles. The maximum atomic E-state index is 12.7. The Morgan fingerprint density at radius 2 is 2.20 bits per heavy atom. The number of rotatable bonds is 3. The molecule has 1 N–H and O–H groups in total. The van der Waals surface area contributed by atoms with Crippen LogP contribution in [-0.4, -0.2) is 34.0 Å². The van der Waals surface area contributed by atoms with Crippen LogP contribution >= 0.6 is 27.5 Å². The van der Waals surface area contributed by atoms with Gasteiger partial charge in [0.1, 0.15) is 5.54 Å². The third-order valence-electron chi connectivity index (χ3n) is 3.90. The van der Waals surface area contributed by atoms with Crippen LogP contribution in [0, 0.1) is 0 Å². The van der Waals surface area contributed by atoms with Crippen molar-refractivity contribution in [2.45, 2.75) is 31.7 Å². The van der Waals surface area contributed by atoms with Gasteiger partial charge in [-0.05, 0) is 47.3 Å². The summed E-state index contributed by atoms with van der Waals surface area (Å²) in [7, 11) is 0.